The molecule has 0 radical (unpaired) electrons. The van der Waals surface area contributed by atoms with E-state index in [1.54, 1.807) is 0 Å². The monoisotopic (exact) mass is 328 g/mol. The lowest BCUT2D eigenvalue weighted by Gasteiger charge is -2.29. The average molecular weight is 328 g/mol. The molecule has 1 atom stereocenters. The van der Waals surface area contributed by atoms with Crippen LogP contribution in [0.1, 0.15) is 64.5 Å². The minimum Gasteiger partial charge on any atom is -0.511 e. The van der Waals surface area contributed by atoms with Gasteiger partial charge >= 0.3 is 0 Å². The van der Waals surface area contributed by atoms with Crippen molar-refractivity contribution in [2.75, 3.05) is 0 Å². The van der Waals surface area contributed by atoms with Gasteiger partial charge in [-0.3, -0.25) is 9.59 Å². The topological polar surface area (TPSA) is 54.4 Å². The van der Waals surface area contributed by atoms with Gasteiger partial charge in [0.2, 0.25) is 0 Å². The van der Waals surface area contributed by atoms with E-state index in [-0.39, 0.29) is 34.2 Å². The zero-order chi connectivity index (χ0) is 18.1. The first-order valence-electron chi connectivity index (χ1n) is 8.69. The Bertz CT molecular complexity index is 641. The van der Waals surface area contributed by atoms with Crippen LogP contribution in [0.25, 0.3) is 0 Å². The van der Waals surface area contributed by atoms with E-state index in [1.165, 1.54) is 5.56 Å². The fourth-order valence-electron chi connectivity index (χ4n) is 3.34. The number of allylic oxidation sites excluding steroid dienone is 2. The third-order valence-electron chi connectivity index (χ3n) is 4.63. The second kappa shape index (κ2) is 6.92. The Morgan fingerprint density at radius 3 is 2.00 bits per heavy atom. The summed E-state index contributed by atoms with van der Waals surface area (Å²) in [5.41, 5.74) is 1.85. The predicted molar refractivity (Wildman–Crippen MR) is 96.1 cm³/mol. The Hall–Kier alpha value is -1.90. The standard InChI is InChI=1S/C21H28O3/c1-13(2)10-15-6-8-16(9-7-15)14(3)20(24)19-17(22)11-21(4,5)12-18(19)23/h6-9,13-14,24H,10-12H2,1-5H3/t14-/m1/s1. The van der Waals surface area contributed by atoms with Crippen molar-refractivity contribution in [1.82, 2.24) is 0 Å². The normalized spacial score (nSPS) is 18.8. The number of aliphatic hydroxyl groups excluding tert-OH is 1. The summed E-state index contributed by atoms with van der Waals surface area (Å²) >= 11 is 0. The van der Waals surface area contributed by atoms with Gasteiger partial charge in [-0.2, -0.15) is 0 Å². The zero-order valence-electron chi connectivity index (χ0n) is 15.3. The van der Waals surface area contributed by atoms with Gasteiger partial charge in [0.25, 0.3) is 0 Å². The molecule has 1 N–H and O–H groups in total. The molecule has 1 aromatic rings. The predicted octanol–water partition coefficient (Wildman–Crippen LogP) is 4.76. The van der Waals surface area contributed by atoms with Crippen LogP contribution in [0.5, 0.6) is 0 Å². The van der Waals surface area contributed by atoms with Crippen LogP contribution in [-0.2, 0) is 16.0 Å². The first-order chi connectivity index (χ1) is 11.1. The third kappa shape index (κ3) is 4.14. The summed E-state index contributed by atoms with van der Waals surface area (Å²) in [6.07, 6.45) is 1.62. The maximum Gasteiger partial charge on any atom is 0.170 e. The van der Waals surface area contributed by atoms with Crippen LogP contribution < -0.4 is 0 Å². The van der Waals surface area contributed by atoms with Crippen LogP contribution in [0.2, 0.25) is 0 Å². The van der Waals surface area contributed by atoms with Gasteiger partial charge in [-0.25, -0.2) is 0 Å². The smallest absolute Gasteiger partial charge is 0.170 e. The maximum atomic E-state index is 12.3. The summed E-state index contributed by atoms with van der Waals surface area (Å²) in [6, 6.07) is 8.05. The summed E-state index contributed by atoms with van der Waals surface area (Å²) in [7, 11) is 0. The Labute approximate surface area is 144 Å². The molecule has 0 aromatic heterocycles. The van der Waals surface area contributed by atoms with Crippen LogP contribution >= 0.6 is 0 Å². The van der Waals surface area contributed by atoms with Crippen LogP contribution in [0, 0.1) is 11.3 Å². The van der Waals surface area contributed by atoms with E-state index in [1.807, 2.05) is 32.9 Å². The van der Waals surface area contributed by atoms with Crippen molar-refractivity contribution in [2.24, 2.45) is 11.3 Å². The second-order valence-electron chi connectivity index (χ2n) is 8.19. The lowest BCUT2D eigenvalue weighted by Crippen LogP contribution is -2.33. The van der Waals surface area contributed by atoms with Crippen molar-refractivity contribution in [3.63, 3.8) is 0 Å². The number of rotatable bonds is 4. The molecule has 0 unspecified atom stereocenters. The molecule has 3 nitrogen and oxygen atoms in total. The summed E-state index contributed by atoms with van der Waals surface area (Å²) < 4.78 is 0. The molecule has 1 aliphatic carbocycles. The van der Waals surface area contributed by atoms with Crippen molar-refractivity contribution in [3.8, 4) is 0 Å². The number of aliphatic hydroxyl groups is 1. The van der Waals surface area contributed by atoms with E-state index in [2.05, 4.69) is 26.0 Å². The minimum atomic E-state index is -0.359. The Morgan fingerprint density at radius 1 is 1.04 bits per heavy atom. The third-order valence-corrected chi connectivity index (χ3v) is 4.63. The SMILES string of the molecule is CC(C)Cc1ccc([C@@H](C)C(O)=C2C(=O)CC(C)(C)CC2=O)cc1. The summed E-state index contributed by atoms with van der Waals surface area (Å²) in [6.45, 7) is 10.0. The van der Waals surface area contributed by atoms with Gasteiger partial charge in [-0.05, 0) is 28.9 Å². The molecule has 2 rings (SSSR count). The quantitative estimate of drug-likeness (QED) is 0.492. The molecule has 24 heavy (non-hydrogen) atoms. The molecule has 0 heterocycles. The van der Waals surface area contributed by atoms with Crippen molar-refractivity contribution in [1.29, 1.82) is 0 Å². The molecule has 3 heteroatoms. The fourth-order valence-corrected chi connectivity index (χ4v) is 3.34. The van der Waals surface area contributed by atoms with Gasteiger partial charge in [-0.1, -0.05) is 58.9 Å². The number of hydrogen-bond donors (Lipinski definition) is 1. The zero-order valence-corrected chi connectivity index (χ0v) is 15.3. The molecular weight excluding hydrogens is 300 g/mol. The molecule has 0 bridgehead atoms. The minimum absolute atomic E-state index is 0.00748. The lowest BCUT2D eigenvalue weighted by molar-refractivity contribution is -0.127. The first-order valence-corrected chi connectivity index (χ1v) is 8.69. The Kier molecular flexibility index (Phi) is 5.32. The number of benzene rings is 1. The van der Waals surface area contributed by atoms with E-state index < -0.39 is 0 Å². The van der Waals surface area contributed by atoms with Crippen molar-refractivity contribution in [2.45, 2.75) is 59.8 Å². The largest absolute Gasteiger partial charge is 0.511 e. The highest BCUT2D eigenvalue weighted by atomic mass is 16.3. The first kappa shape index (κ1) is 18.4. The summed E-state index contributed by atoms with van der Waals surface area (Å²) in [5, 5.41) is 10.6. The van der Waals surface area contributed by atoms with Crippen LogP contribution in [0.3, 0.4) is 0 Å². The maximum absolute atomic E-state index is 12.3. The van der Waals surface area contributed by atoms with Gasteiger partial charge in [0.05, 0.1) is 5.57 Å². The van der Waals surface area contributed by atoms with Gasteiger partial charge in [0.1, 0.15) is 5.76 Å². The molecule has 0 saturated heterocycles. The Morgan fingerprint density at radius 2 is 1.54 bits per heavy atom. The highest BCUT2D eigenvalue weighted by molar-refractivity contribution is 6.22. The van der Waals surface area contributed by atoms with Gasteiger partial charge in [0.15, 0.2) is 11.6 Å². The molecule has 1 aromatic carbocycles. The molecule has 1 fully saturated rings. The number of Topliss-reactive ketones (excluding diaryl/α,β-unsaturated/α-hetero) is 2. The van der Waals surface area contributed by atoms with Gasteiger partial charge in [-0.15, -0.1) is 0 Å². The van der Waals surface area contributed by atoms with E-state index in [0.29, 0.717) is 18.8 Å². The molecule has 0 spiro atoms. The molecule has 130 valence electrons. The second-order valence-corrected chi connectivity index (χ2v) is 8.19. The van der Waals surface area contributed by atoms with E-state index in [4.69, 9.17) is 0 Å². The van der Waals surface area contributed by atoms with Gasteiger partial charge in [0, 0.05) is 18.8 Å². The highest BCUT2D eigenvalue weighted by Crippen LogP contribution is 2.36. The number of carbonyl (C=O) groups is 2. The Balaban J connectivity index is 2.26. The van der Waals surface area contributed by atoms with Gasteiger partial charge < -0.3 is 5.11 Å². The molecule has 1 aliphatic rings. The summed E-state index contributed by atoms with van der Waals surface area (Å²) in [4.78, 5) is 24.7. The van der Waals surface area contributed by atoms with Crippen LogP contribution in [0.15, 0.2) is 35.6 Å². The fraction of sp³-hybridized carbons (Fsp3) is 0.524. The summed E-state index contributed by atoms with van der Waals surface area (Å²) in [5.74, 6) is -0.335. The molecular formula is C21H28O3. The van der Waals surface area contributed by atoms with Crippen molar-refractivity contribution >= 4 is 11.6 Å². The molecule has 0 amide bonds. The number of carbonyl (C=O) groups excluding carboxylic acids is 2. The van der Waals surface area contributed by atoms with E-state index in [9.17, 15) is 14.7 Å². The highest BCUT2D eigenvalue weighted by Gasteiger charge is 2.38. The van der Waals surface area contributed by atoms with Crippen LogP contribution in [-0.4, -0.2) is 16.7 Å². The molecule has 1 saturated carbocycles. The van der Waals surface area contributed by atoms with Crippen molar-refractivity contribution < 1.29 is 14.7 Å². The van der Waals surface area contributed by atoms with Crippen molar-refractivity contribution in [3.05, 3.63) is 46.7 Å². The lowest BCUT2D eigenvalue weighted by atomic mass is 9.73. The number of hydrogen-bond acceptors (Lipinski definition) is 3. The molecule has 0 aliphatic heterocycles. The van der Waals surface area contributed by atoms with E-state index >= 15 is 0 Å². The number of ketones is 2. The average Bonchev–Trinajstić information content (AvgIpc) is 2.44. The van der Waals surface area contributed by atoms with Crippen LogP contribution in [0.4, 0.5) is 0 Å². The van der Waals surface area contributed by atoms with E-state index in [0.717, 1.165) is 12.0 Å².